The fourth-order valence-corrected chi connectivity index (χ4v) is 4.12. The van der Waals surface area contributed by atoms with Crippen LogP contribution in [0.25, 0.3) is 0 Å². The van der Waals surface area contributed by atoms with Crippen LogP contribution < -0.4 is 20.1 Å². The lowest BCUT2D eigenvalue weighted by Crippen LogP contribution is -2.68. The first-order valence-corrected chi connectivity index (χ1v) is 9.59. The van der Waals surface area contributed by atoms with Gasteiger partial charge in [-0.25, -0.2) is 0 Å². The number of benzene rings is 1. The summed E-state index contributed by atoms with van der Waals surface area (Å²) in [6, 6.07) is 6.24. The van der Waals surface area contributed by atoms with Gasteiger partial charge in [0, 0.05) is 36.9 Å². The van der Waals surface area contributed by atoms with Crippen molar-refractivity contribution in [3.8, 4) is 11.5 Å². The van der Waals surface area contributed by atoms with E-state index in [0.717, 1.165) is 36.2 Å². The third-order valence-corrected chi connectivity index (χ3v) is 5.70. The number of nitrogens with one attached hydrogen (secondary N) is 2. The highest BCUT2D eigenvalue weighted by molar-refractivity contribution is 14.0. The summed E-state index contributed by atoms with van der Waals surface area (Å²) in [5.74, 6) is 2.24. The second-order valence-electron chi connectivity index (χ2n) is 6.96. The molecule has 0 saturated heterocycles. The van der Waals surface area contributed by atoms with Crippen LogP contribution >= 0.6 is 24.0 Å². The lowest BCUT2D eigenvalue weighted by atomic mass is 9.51. The molecule has 6 nitrogen and oxygen atoms in total. The second-order valence-corrected chi connectivity index (χ2v) is 6.96. The zero-order valence-electron chi connectivity index (χ0n) is 16.7. The number of hydrogen-bond acceptors (Lipinski definition) is 4. The first-order chi connectivity index (χ1) is 12.7. The summed E-state index contributed by atoms with van der Waals surface area (Å²) in [6.07, 6.45) is 5.21. The standard InChI is InChI=1S/C20H31N3O3.HI/c1-5-25-16-12-14(8-9-15(16)24-4)22-19(21-3)23-17-13-18(26-6-2)20(17)10-7-11-20;/h8-9,12,17-18H,5-7,10-11,13H2,1-4H3,(H2,21,22,23);1H. The van der Waals surface area contributed by atoms with Gasteiger partial charge in [0.1, 0.15) is 0 Å². The van der Waals surface area contributed by atoms with Crippen molar-refractivity contribution in [2.24, 2.45) is 10.4 Å². The molecule has 7 heteroatoms. The molecule has 1 aromatic carbocycles. The Hall–Kier alpha value is -1.22. The van der Waals surface area contributed by atoms with Crippen molar-refractivity contribution in [3.63, 3.8) is 0 Å². The van der Waals surface area contributed by atoms with Gasteiger partial charge >= 0.3 is 0 Å². The largest absolute Gasteiger partial charge is 0.493 e. The smallest absolute Gasteiger partial charge is 0.195 e. The zero-order chi connectivity index (χ0) is 18.6. The second kappa shape index (κ2) is 9.82. The van der Waals surface area contributed by atoms with Crippen LogP contribution in [0, 0.1) is 5.41 Å². The van der Waals surface area contributed by atoms with Gasteiger partial charge in [0.05, 0.1) is 19.8 Å². The minimum absolute atomic E-state index is 0. The van der Waals surface area contributed by atoms with E-state index in [1.54, 1.807) is 14.2 Å². The predicted molar refractivity (Wildman–Crippen MR) is 120 cm³/mol. The van der Waals surface area contributed by atoms with Gasteiger partial charge in [0.25, 0.3) is 0 Å². The van der Waals surface area contributed by atoms with Gasteiger partial charge in [0.15, 0.2) is 17.5 Å². The van der Waals surface area contributed by atoms with Crippen molar-refractivity contribution >= 4 is 35.6 Å². The first kappa shape index (κ1) is 22.1. The van der Waals surface area contributed by atoms with Crippen molar-refractivity contribution in [1.82, 2.24) is 5.32 Å². The summed E-state index contributed by atoms with van der Waals surface area (Å²) in [5, 5.41) is 6.97. The summed E-state index contributed by atoms with van der Waals surface area (Å²) < 4.78 is 16.9. The van der Waals surface area contributed by atoms with Crippen molar-refractivity contribution in [3.05, 3.63) is 18.2 Å². The minimum Gasteiger partial charge on any atom is -0.493 e. The Morgan fingerprint density at radius 1 is 1.22 bits per heavy atom. The molecule has 2 aliphatic rings. The molecule has 0 amide bonds. The molecule has 1 aromatic rings. The molecule has 2 aliphatic carbocycles. The number of nitrogens with zero attached hydrogens (tertiary/aromatic N) is 1. The fraction of sp³-hybridized carbons (Fsp3) is 0.650. The number of rotatable bonds is 7. The Morgan fingerprint density at radius 3 is 2.56 bits per heavy atom. The number of anilines is 1. The van der Waals surface area contributed by atoms with Gasteiger partial charge in [0.2, 0.25) is 0 Å². The Bertz CT molecular complexity index is 649. The lowest BCUT2D eigenvalue weighted by Gasteiger charge is -2.61. The van der Waals surface area contributed by atoms with E-state index in [1.165, 1.54) is 19.3 Å². The van der Waals surface area contributed by atoms with E-state index in [-0.39, 0.29) is 24.0 Å². The van der Waals surface area contributed by atoms with Crippen molar-refractivity contribution in [1.29, 1.82) is 0 Å². The van der Waals surface area contributed by atoms with Crippen molar-refractivity contribution in [2.75, 3.05) is 32.7 Å². The third-order valence-electron chi connectivity index (χ3n) is 5.70. The van der Waals surface area contributed by atoms with Crippen LogP contribution in [0.2, 0.25) is 0 Å². The zero-order valence-corrected chi connectivity index (χ0v) is 19.0. The summed E-state index contributed by atoms with van der Waals surface area (Å²) in [7, 11) is 3.45. The fourth-order valence-electron chi connectivity index (χ4n) is 4.12. The molecule has 1 spiro atoms. The first-order valence-electron chi connectivity index (χ1n) is 9.59. The molecular weight excluding hydrogens is 457 g/mol. The van der Waals surface area contributed by atoms with Crippen LogP contribution in [0.1, 0.15) is 39.5 Å². The quantitative estimate of drug-likeness (QED) is 0.344. The highest BCUT2D eigenvalue weighted by Gasteiger charge is 2.59. The van der Waals surface area contributed by atoms with Gasteiger partial charge in [-0.3, -0.25) is 4.99 Å². The molecule has 0 aliphatic heterocycles. The molecule has 0 aromatic heterocycles. The Kier molecular flexibility index (Phi) is 8.03. The van der Waals surface area contributed by atoms with Gasteiger partial charge in [-0.2, -0.15) is 0 Å². The van der Waals surface area contributed by atoms with Crippen LogP contribution in [0.15, 0.2) is 23.2 Å². The van der Waals surface area contributed by atoms with E-state index >= 15 is 0 Å². The molecule has 2 fully saturated rings. The number of guanidine groups is 1. The number of hydrogen-bond donors (Lipinski definition) is 2. The molecule has 0 radical (unpaired) electrons. The van der Waals surface area contributed by atoms with Crippen molar-refractivity contribution in [2.45, 2.75) is 51.7 Å². The summed E-state index contributed by atoms with van der Waals surface area (Å²) in [6.45, 7) is 5.42. The van der Waals surface area contributed by atoms with E-state index < -0.39 is 0 Å². The number of ether oxygens (including phenoxy) is 3. The molecular formula is C20H32IN3O3. The molecule has 2 unspecified atom stereocenters. The van der Waals surface area contributed by atoms with Gasteiger partial charge in [-0.1, -0.05) is 6.42 Å². The van der Waals surface area contributed by atoms with E-state index in [4.69, 9.17) is 14.2 Å². The average Bonchev–Trinajstić information content (AvgIpc) is 2.59. The minimum atomic E-state index is 0. The third kappa shape index (κ3) is 4.45. The number of aliphatic imine (C=N–C) groups is 1. The maximum atomic E-state index is 5.94. The van der Waals surface area contributed by atoms with Gasteiger partial charge < -0.3 is 24.8 Å². The Balaban J connectivity index is 0.00000261. The van der Waals surface area contributed by atoms with E-state index in [2.05, 4.69) is 22.5 Å². The van der Waals surface area contributed by atoms with E-state index in [9.17, 15) is 0 Å². The van der Waals surface area contributed by atoms with Crippen LogP contribution in [0.4, 0.5) is 5.69 Å². The lowest BCUT2D eigenvalue weighted by molar-refractivity contribution is -0.168. The molecule has 152 valence electrons. The molecule has 0 bridgehead atoms. The monoisotopic (exact) mass is 489 g/mol. The van der Waals surface area contributed by atoms with E-state index in [1.807, 2.05) is 25.1 Å². The average molecular weight is 489 g/mol. The summed E-state index contributed by atoms with van der Waals surface area (Å²) in [5.41, 5.74) is 1.22. The van der Waals surface area contributed by atoms with Crippen molar-refractivity contribution < 1.29 is 14.2 Å². The molecule has 2 saturated carbocycles. The van der Waals surface area contributed by atoms with Gasteiger partial charge in [-0.05, 0) is 45.2 Å². The van der Waals surface area contributed by atoms with Crippen LogP contribution in [0.5, 0.6) is 11.5 Å². The Labute approximate surface area is 179 Å². The summed E-state index contributed by atoms with van der Waals surface area (Å²) >= 11 is 0. The highest BCUT2D eigenvalue weighted by Crippen LogP contribution is 2.57. The molecule has 27 heavy (non-hydrogen) atoms. The van der Waals surface area contributed by atoms with Gasteiger partial charge in [-0.15, -0.1) is 24.0 Å². The maximum absolute atomic E-state index is 5.94. The van der Waals surface area contributed by atoms with E-state index in [0.29, 0.717) is 24.2 Å². The highest BCUT2D eigenvalue weighted by atomic mass is 127. The SMILES string of the molecule is CCOc1cc(NC(=NC)NC2CC(OCC)C23CCC3)ccc1OC.I. The topological polar surface area (TPSA) is 64.1 Å². The maximum Gasteiger partial charge on any atom is 0.195 e. The molecule has 3 rings (SSSR count). The number of halogens is 1. The van der Waals surface area contributed by atoms with Crippen LogP contribution in [0.3, 0.4) is 0 Å². The Morgan fingerprint density at radius 2 is 2.00 bits per heavy atom. The normalized spacial score (nSPS) is 22.9. The van der Waals surface area contributed by atoms with Crippen LogP contribution in [-0.4, -0.2) is 45.5 Å². The number of methoxy groups -OCH3 is 1. The predicted octanol–water partition coefficient (Wildman–Crippen LogP) is 4.05. The molecule has 0 heterocycles. The van der Waals surface area contributed by atoms with Crippen LogP contribution in [-0.2, 0) is 4.74 Å². The molecule has 2 atom stereocenters. The summed E-state index contributed by atoms with van der Waals surface area (Å²) in [4.78, 5) is 4.40. The molecule has 2 N–H and O–H groups in total.